The summed E-state index contributed by atoms with van der Waals surface area (Å²) in [5, 5.41) is 5.99. The van der Waals surface area contributed by atoms with E-state index in [0.717, 1.165) is 30.2 Å². The summed E-state index contributed by atoms with van der Waals surface area (Å²) in [4.78, 5) is 26.4. The summed E-state index contributed by atoms with van der Waals surface area (Å²) in [6.45, 7) is 5.07. The van der Waals surface area contributed by atoms with Crippen molar-refractivity contribution in [2.75, 3.05) is 18.4 Å². The van der Waals surface area contributed by atoms with Gasteiger partial charge in [0.1, 0.15) is 0 Å². The summed E-state index contributed by atoms with van der Waals surface area (Å²) in [5.74, 6) is 0.958. The first-order valence-electron chi connectivity index (χ1n) is 7.16. The zero-order valence-corrected chi connectivity index (χ0v) is 12.9. The maximum Gasteiger partial charge on any atom is 0.245 e. The van der Waals surface area contributed by atoms with Crippen LogP contribution in [0.25, 0.3) is 0 Å². The average Bonchev–Trinajstić information content (AvgIpc) is 3.04. The van der Waals surface area contributed by atoms with Gasteiger partial charge in [-0.15, -0.1) is 11.3 Å². The van der Waals surface area contributed by atoms with Gasteiger partial charge in [-0.2, -0.15) is 0 Å². The third kappa shape index (κ3) is 3.30. The average molecular weight is 315 g/mol. The predicted octanol–water partition coefficient (Wildman–Crippen LogP) is 2.57. The number of thiazole rings is 1. The molecule has 6 nitrogen and oxygen atoms in total. The number of likely N-dealkylation sites (tertiary alicyclic amines) is 1. The van der Waals surface area contributed by atoms with E-state index in [9.17, 15) is 4.79 Å². The maximum atomic E-state index is 11.8. The van der Waals surface area contributed by atoms with Crippen LogP contribution in [0.5, 0.6) is 0 Å². The molecule has 0 unspecified atom stereocenters. The minimum atomic E-state index is -0.00200. The van der Waals surface area contributed by atoms with Gasteiger partial charge >= 0.3 is 0 Å². The minimum Gasteiger partial charge on any atom is -0.339 e. The highest BCUT2D eigenvalue weighted by molar-refractivity contribution is 7.13. The first-order valence-corrected chi connectivity index (χ1v) is 8.04. The maximum absolute atomic E-state index is 11.8. The number of hydrogen-bond acceptors (Lipinski definition) is 6. The number of amides is 1. The van der Waals surface area contributed by atoms with Crippen molar-refractivity contribution in [3.8, 4) is 0 Å². The Labute approximate surface area is 132 Å². The number of piperidine rings is 1. The molecule has 0 aliphatic carbocycles. The molecule has 1 atom stereocenters. The second-order valence-electron chi connectivity index (χ2n) is 5.12. The van der Waals surface area contributed by atoms with Crippen molar-refractivity contribution in [1.29, 1.82) is 0 Å². The lowest BCUT2D eigenvalue weighted by atomic mass is 9.95. The van der Waals surface area contributed by atoms with Crippen LogP contribution in [0.2, 0.25) is 0 Å². The number of hydrogen-bond donors (Lipinski definition) is 1. The van der Waals surface area contributed by atoms with Gasteiger partial charge in [0.05, 0.1) is 11.9 Å². The Morgan fingerprint density at radius 2 is 2.41 bits per heavy atom. The van der Waals surface area contributed by atoms with E-state index in [1.165, 1.54) is 17.4 Å². The van der Waals surface area contributed by atoms with E-state index in [4.69, 9.17) is 0 Å². The number of aromatic nitrogens is 3. The molecule has 1 saturated heterocycles. The van der Waals surface area contributed by atoms with Gasteiger partial charge < -0.3 is 10.2 Å². The number of carbonyl (C=O) groups excluding carboxylic acids is 1. The van der Waals surface area contributed by atoms with E-state index in [1.807, 2.05) is 10.3 Å². The van der Waals surface area contributed by atoms with Gasteiger partial charge in [-0.25, -0.2) is 9.97 Å². The van der Waals surface area contributed by atoms with Gasteiger partial charge in [0.15, 0.2) is 10.9 Å². The Bertz CT molecular complexity index is 657. The summed E-state index contributed by atoms with van der Waals surface area (Å²) in [6, 6.07) is 0. The fourth-order valence-electron chi connectivity index (χ4n) is 2.55. The smallest absolute Gasteiger partial charge is 0.245 e. The van der Waals surface area contributed by atoms with Gasteiger partial charge in [-0.05, 0) is 18.9 Å². The van der Waals surface area contributed by atoms with Crippen LogP contribution in [-0.4, -0.2) is 38.8 Å². The van der Waals surface area contributed by atoms with Crippen LogP contribution in [0, 0.1) is 0 Å². The predicted molar refractivity (Wildman–Crippen MR) is 86.2 cm³/mol. The third-order valence-corrected chi connectivity index (χ3v) is 4.42. The Morgan fingerprint density at radius 1 is 1.50 bits per heavy atom. The van der Waals surface area contributed by atoms with Crippen LogP contribution < -0.4 is 5.32 Å². The fraction of sp³-hybridized carbons (Fsp3) is 0.333. The minimum absolute atomic E-state index is 0.00200. The molecule has 2 aromatic rings. The molecule has 0 aromatic carbocycles. The lowest BCUT2D eigenvalue weighted by Gasteiger charge is -2.31. The molecule has 1 aliphatic heterocycles. The topological polar surface area (TPSA) is 71.0 Å². The summed E-state index contributed by atoms with van der Waals surface area (Å²) in [5.41, 5.74) is 1.03. The highest BCUT2D eigenvalue weighted by Gasteiger charge is 2.25. The quantitative estimate of drug-likeness (QED) is 0.878. The highest BCUT2D eigenvalue weighted by Crippen LogP contribution is 2.30. The van der Waals surface area contributed by atoms with Crippen molar-refractivity contribution in [2.24, 2.45) is 0 Å². The van der Waals surface area contributed by atoms with Crippen LogP contribution in [-0.2, 0) is 4.79 Å². The van der Waals surface area contributed by atoms with E-state index < -0.39 is 0 Å². The number of anilines is 2. The van der Waals surface area contributed by atoms with Crippen LogP contribution in [0.1, 0.15) is 24.5 Å². The molecule has 1 fully saturated rings. The van der Waals surface area contributed by atoms with Crippen molar-refractivity contribution < 1.29 is 4.79 Å². The molecule has 1 N–H and O–H groups in total. The molecule has 0 bridgehead atoms. The second kappa shape index (κ2) is 6.65. The molecule has 3 rings (SSSR count). The monoisotopic (exact) mass is 315 g/mol. The summed E-state index contributed by atoms with van der Waals surface area (Å²) < 4.78 is 0. The van der Waals surface area contributed by atoms with Gasteiger partial charge in [0.25, 0.3) is 0 Å². The zero-order chi connectivity index (χ0) is 15.4. The summed E-state index contributed by atoms with van der Waals surface area (Å²) >= 11 is 1.54. The number of rotatable bonds is 4. The fourth-order valence-corrected chi connectivity index (χ4v) is 3.35. The molecule has 114 valence electrons. The first-order chi connectivity index (χ1) is 10.8. The van der Waals surface area contributed by atoms with Gasteiger partial charge in [-0.1, -0.05) is 6.58 Å². The van der Waals surface area contributed by atoms with E-state index in [2.05, 4.69) is 26.8 Å². The van der Waals surface area contributed by atoms with Crippen LogP contribution in [0.4, 0.5) is 10.9 Å². The number of carbonyl (C=O) groups is 1. The van der Waals surface area contributed by atoms with E-state index in [0.29, 0.717) is 12.4 Å². The van der Waals surface area contributed by atoms with Gasteiger partial charge in [0.2, 0.25) is 5.91 Å². The molecule has 22 heavy (non-hydrogen) atoms. The molecule has 1 amide bonds. The molecular formula is C15H17N5OS. The largest absolute Gasteiger partial charge is 0.339 e. The summed E-state index contributed by atoms with van der Waals surface area (Å²) in [7, 11) is 0. The van der Waals surface area contributed by atoms with Crippen molar-refractivity contribution >= 4 is 28.2 Å². The van der Waals surface area contributed by atoms with Crippen LogP contribution in [0.3, 0.4) is 0 Å². The first kappa shape index (κ1) is 14.6. The Balaban J connectivity index is 1.68. The Morgan fingerprint density at radius 3 is 3.18 bits per heavy atom. The second-order valence-corrected chi connectivity index (χ2v) is 5.98. The molecule has 0 spiro atoms. The standard InChI is InChI=1S/C15H17N5OS/c1-2-14(21)20-7-3-4-11(9-20)12-10-22-15(18-12)19-13-8-16-5-6-17-13/h2,5-6,8,10-11H,1,3-4,7,9H2,(H,17,18,19)/t11-/m0/s1. The molecular weight excluding hydrogens is 298 g/mol. The lowest BCUT2D eigenvalue weighted by Crippen LogP contribution is -2.38. The lowest BCUT2D eigenvalue weighted by molar-refractivity contribution is -0.127. The van der Waals surface area contributed by atoms with Crippen LogP contribution >= 0.6 is 11.3 Å². The van der Waals surface area contributed by atoms with Gasteiger partial charge in [0, 0.05) is 36.8 Å². The molecule has 0 saturated carbocycles. The van der Waals surface area contributed by atoms with Crippen molar-refractivity contribution in [3.05, 3.63) is 42.3 Å². The third-order valence-electron chi connectivity index (χ3n) is 3.65. The van der Waals surface area contributed by atoms with E-state index >= 15 is 0 Å². The van der Waals surface area contributed by atoms with Crippen molar-refractivity contribution in [1.82, 2.24) is 19.9 Å². The Hall–Kier alpha value is -2.28. The molecule has 1 aliphatic rings. The molecule has 7 heteroatoms. The van der Waals surface area contributed by atoms with Crippen molar-refractivity contribution in [3.63, 3.8) is 0 Å². The molecule has 0 radical (unpaired) electrons. The van der Waals surface area contributed by atoms with E-state index in [-0.39, 0.29) is 11.8 Å². The van der Waals surface area contributed by atoms with Crippen LogP contribution in [0.15, 0.2) is 36.6 Å². The zero-order valence-electron chi connectivity index (χ0n) is 12.1. The Kier molecular flexibility index (Phi) is 4.43. The van der Waals surface area contributed by atoms with Crippen molar-refractivity contribution in [2.45, 2.75) is 18.8 Å². The number of nitrogens with one attached hydrogen (secondary N) is 1. The number of nitrogens with zero attached hydrogens (tertiary/aromatic N) is 4. The summed E-state index contributed by atoms with van der Waals surface area (Å²) in [6.07, 6.45) is 8.35. The molecule has 2 aromatic heterocycles. The van der Waals surface area contributed by atoms with E-state index in [1.54, 1.807) is 18.6 Å². The van der Waals surface area contributed by atoms with Gasteiger partial charge in [-0.3, -0.25) is 9.78 Å². The highest BCUT2D eigenvalue weighted by atomic mass is 32.1. The molecule has 3 heterocycles. The normalized spacial score (nSPS) is 18.0. The SMILES string of the molecule is C=CC(=O)N1CCC[C@H](c2csc(Nc3cnccn3)n2)C1.